The van der Waals surface area contributed by atoms with Crippen LogP contribution in [0.1, 0.15) is 37.5 Å². The van der Waals surface area contributed by atoms with Gasteiger partial charge in [-0.25, -0.2) is 0 Å². The Morgan fingerprint density at radius 3 is 2.86 bits per heavy atom. The van der Waals surface area contributed by atoms with Gasteiger partial charge in [-0.2, -0.15) is 0 Å². The van der Waals surface area contributed by atoms with Crippen LogP contribution < -0.4 is 0 Å². The lowest BCUT2D eigenvalue weighted by Gasteiger charge is -2.33. The molecule has 0 amide bonds. The molecule has 0 aromatic carbocycles. The summed E-state index contributed by atoms with van der Waals surface area (Å²) in [6.07, 6.45) is 5.80. The van der Waals surface area contributed by atoms with Crippen LogP contribution in [0.2, 0.25) is 0 Å². The zero-order valence-corrected chi connectivity index (χ0v) is 9.52. The van der Waals surface area contributed by atoms with Crippen molar-refractivity contribution in [2.45, 2.75) is 44.6 Å². The van der Waals surface area contributed by atoms with E-state index in [9.17, 15) is 5.11 Å². The highest BCUT2D eigenvalue weighted by Crippen LogP contribution is 2.35. The average molecular weight is 210 g/mol. The van der Waals surface area contributed by atoms with Crippen molar-refractivity contribution in [3.05, 3.63) is 22.4 Å². The van der Waals surface area contributed by atoms with E-state index in [1.165, 1.54) is 24.1 Å². The second kappa shape index (κ2) is 4.03. The molecule has 2 rings (SSSR count). The lowest BCUT2D eigenvalue weighted by Crippen LogP contribution is -2.32. The molecule has 1 fully saturated rings. The van der Waals surface area contributed by atoms with E-state index in [2.05, 4.69) is 17.5 Å². The molecule has 2 heteroatoms. The van der Waals surface area contributed by atoms with Crippen LogP contribution in [0.15, 0.2) is 17.5 Å². The smallest absolute Gasteiger partial charge is 0.0670 e. The maximum absolute atomic E-state index is 10.2. The number of hydrogen-bond acceptors (Lipinski definition) is 2. The van der Waals surface area contributed by atoms with Crippen molar-refractivity contribution in [3.63, 3.8) is 0 Å². The summed E-state index contributed by atoms with van der Waals surface area (Å²) >= 11 is 1.74. The first-order valence-electron chi connectivity index (χ1n) is 5.40. The molecule has 78 valence electrons. The average Bonchev–Trinajstić information content (AvgIpc) is 2.49. The van der Waals surface area contributed by atoms with E-state index in [1.54, 1.807) is 11.3 Å². The normalized spacial score (nSPS) is 21.6. The molecule has 1 atom stereocenters. The highest BCUT2D eigenvalue weighted by atomic mass is 32.1. The fraction of sp³-hybridized carbons (Fsp3) is 0.667. The maximum Gasteiger partial charge on any atom is 0.0670 e. The molecule has 1 saturated carbocycles. The van der Waals surface area contributed by atoms with Crippen molar-refractivity contribution in [1.82, 2.24) is 0 Å². The molecule has 1 heterocycles. The molecule has 14 heavy (non-hydrogen) atoms. The van der Waals surface area contributed by atoms with Crippen molar-refractivity contribution in [2.75, 3.05) is 0 Å². The van der Waals surface area contributed by atoms with Gasteiger partial charge >= 0.3 is 0 Å². The zero-order valence-electron chi connectivity index (χ0n) is 8.70. The van der Waals surface area contributed by atoms with Crippen molar-refractivity contribution >= 4 is 11.3 Å². The van der Waals surface area contributed by atoms with Gasteiger partial charge in [0.25, 0.3) is 0 Å². The number of hydrogen-bond donors (Lipinski definition) is 1. The van der Waals surface area contributed by atoms with Crippen LogP contribution >= 0.6 is 11.3 Å². The van der Waals surface area contributed by atoms with E-state index in [0.29, 0.717) is 0 Å². The Kier molecular flexibility index (Phi) is 2.93. The summed E-state index contributed by atoms with van der Waals surface area (Å²) in [5, 5.41) is 12.3. The highest BCUT2D eigenvalue weighted by Gasteiger charge is 2.29. The molecule has 1 nitrogen and oxygen atoms in total. The van der Waals surface area contributed by atoms with Crippen molar-refractivity contribution in [2.24, 2.45) is 5.92 Å². The van der Waals surface area contributed by atoms with E-state index >= 15 is 0 Å². The van der Waals surface area contributed by atoms with Crippen LogP contribution in [0.5, 0.6) is 0 Å². The van der Waals surface area contributed by atoms with Gasteiger partial charge in [-0.1, -0.05) is 25.3 Å². The van der Waals surface area contributed by atoms with Crippen LogP contribution in [-0.2, 0) is 6.42 Å². The second-order valence-corrected chi connectivity index (χ2v) is 5.79. The second-order valence-electron chi connectivity index (χ2n) is 4.75. The van der Waals surface area contributed by atoms with Crippen LogP contribution in [-0.4, -0.2) is 10.7 Å². The predicted molar refractivity (Wildman–Crippen MR) is 60.6 cm³/mol. The molecule has 0 aliphatic heterocycles. The Morgan fingerprint density at radius 2 is 2.36 bits per heavy atom. The first-order valence-corrected chi connectivity index (χ1v) is 6.28. The predicted octanol–water partition coefficient (Wildman–Crippen LogP) is 3.23. The fourth-order valence-corrected chi connectivity index (χ4v) is 3.06. The van der Waals surface area contributed by atoms with Gasteiger partial charge < -0.3 is 5.11 Å². The van der Waals surface area contributed by atoms with Gasteiger partial charge in [-0.05, 0) is 30.7 Å². The third kappa shape index (κ3) is 2.58. The van der Waals surface area contributed by atoms with Crippen molar-refractivity contribution < 1.29 is 5.11 Å². The first-order chi connectivity index (χ1) is 6.66. The minimum absolute atomic E-state index is 0.490. The molecule has 1 aromatic heterocycles. The maximum atomic E-state index is 10.2. The first kappa shape index (κ1) is 10.2. The minimum atomic E-state index is -0.490. The van der Waals surface area contributed by atoms with Gasteiger partial charge in [0, 0.05) is 11.3 Å². The summed E-state index contributed by atoms with van der Waals surface area (Å²) in [5.74, 6) is 0.782. The van der Waals surface area contributed by atoms with Crippen molar-refractivity contribution in [1.29, 1.82) is 0 Å². The molecular weight excluding hydrogens is 192 g/mol. The molecule has 1 aliphatic rings. The lowest BCUT2D eigenvalue weighted by atomic mass is 9.77. The van der Waals surface area contributed by atoms with Crippen LogP contribution in [0.25, 0.3) is 0 Å². The van der Waals surface area contributed by atoms with Gasteiger partial charge in [-0.15, -0.1) is 11.3 Å². The van der Waals surface area contributed by atoms with E-state index in [0.717, 1.165) is 18.8 Å². The summed E-state index contributed by atoms with van der Waals surface area (Å²) in [6.45, 7) is 1.98. The number of aliphatic hydroxyl groups is 1. The Bertz CT molecular complexity index is 273. The quantitative estimate of drug-likeness (QED) is 0.809. The van der Waals surface area contributed by atoms with E-state index in [-0.39, 0.29) is 0 Å². The monoisotopic (exact) mass is 210 g/mol. The molecular formula is C12H18OS. The Hall–Kier alpha value is -0.340. The third-order valence-electron chi connectivity index (χ3n) is 3.09. The summed E-state index contributed by atoms with van der Waals surface area (Å²) in [4.78, 5) is 1.30. The molecule has 0 bridgehead atoms. The lowest BCUT2D eigenvalue weighted by molar-refractivity contribution is 0.0211. The van der Waals surface area contributed by atoms with Gasteiger partial charge in [-0.3, -0.25) is 0 Å². The Morgan fingerprint density at radius 1 is 1.57 bits per heavy atom. The highest BCUT2D eigenvalue weighted by molar-refractivity contribution is 7.09. The molecule has 1 unspecified atom stereocenters. The molecule has 1 aromatic rings. The van der Waals surface area contributed by atoms with Gasteiger partial charge in [0.2, 0.25) is 0 Å². The van der Waals surface area contributed by atoms with Crippen LogP contribution in [0, 0.1) is 5.92 Å². The largest absolute Gasteiger partial charge is 0.390 e. The van der Waals surface area contributed by atoms with Gasteiger partial charge in [0.05, 0.1) is 5.60 Å². The fourth-order valence-electron chi connectivity index (χ4n) is 2.18. The van der Waals surface area contributed by atoms with Crippen molar-refractivity contribution in [3.8, 4) is 0 Å². The Labute approximate surface area is 89.8 Å². The topological polar surface area (TPSA) is 20.2 Å². The summed E-state index contributed by atoms with van der Waals surface area (Å²) in [6, 6.07) is 4.17. The SMILES string of the molecule is CC(O)(Cc1cccs1)CC1CCC1. The molecule has 1 aliphatic carbocycles. The molecule has 1 N–H and O–H groups in total. The summed E-state index contributed by atoms with van der Waals surface area (Å²) in [5.41, 5.74) is -0.490. The van der Waals surface area contributed by atoms with E-state index < -0.39 is 5.60 Å². The number of thiophene rings is 1. The van der Waals surface area contributed by atoms with E-state index in [1.807, 2.05) is 6.92 Å². The standard InChI is InChI=1S/C12H18OS/c1-12(13,8-10-4-2-5-10)9-11-6-3-7-14-11/h3,6-7,10,13H,2,4-5,8-9H2,1H3. The molecule has 0 radical (unpaired) electrons. The molecule has 0 spiro atoms. The Balaban J connectivity index is 1.87. The van der Waals surface area contributed by atoms with Gasteiger partial charge in [0.15, 0.2) is 0 Å². The zero-order chi connectivity index (χ0) is 10.0. The summed E-state index contributed by atoms with van der Waals surface area (Å²) < 4.78 is 0. The minimum Gasteiger partial charge on any atom is -0.390 e. The van der Waals surface area contributed by atoms with Crippen LogP contribution in [0.3, 0.4) is 0 Å². The third-order valence-corrected chi connectivity index (χ3v) is 3.96. The van der Waals surface area contributed by atoms with E-state index in [4.69, 9.17) is 0 Å². The summed E-state index contributed by atoms with van der Waals surface area (Å²) in [7, 11) is 0. The molecule has 0 saturated heterocycles. The van der Waals surface area contributed by atoms with Gasteiger partial charge in [0.1, 0.15) is 0 Å². The number of rotatable bonds is 4. The van der Waals surface area contributed by atoms with Crippen LogP contribution in [0.4, 0.5) is 0 Å².